The molecule has 0 spiro atoms. The third-order valence-electron chi connectivity index (χ3n) is 12.5. The first-order valence-electron chi connectivity index (χ1n) is 28.5. The Balaban J connectivity index is 4.67. The molecular formula is C62H107NO5. The monoisotopic (exact) mass is 946 g/mol. The van der Waals surface area contributed by atoms with Crippen LogP contribution in [0.3, 0.4) is 0 Å². The van der Waals surface area contributed by atoms with Crippen LogP contribution >= 0.6 is 0 Å². The molecule has 0 saturated heterocycles. The highest BCUT2D eigenvalue weighted by molar-refractivity contribution is 5.77. The Morgan fingerprint density at radius 1 is 0.456 bits per heavy atom. The molecular weight excluding hydrogens is 839 g/mol. The van der Waals surface area contributed by atoms with Gasteiger partial charge in [-0.25, -0.2) is 0 Å². The van der Waals surface area contributed by atoms with Crippen molar-refractivity contribution in [1.29, 1.82) is 0 Å². The number of rotatable bonds is 50. The first kappa shape index (κ1) is 64.8. The third-order valence-corrected chi connectivity index (χ3v) is 12.5. The summed E-state index contributed by atoms with van der Waals surface area (Å²) in [6.45, 7) is 6.31. The van der Waals surface area contributed by atoms with Gasteiger partial charge >= 0.3 is 5.97 Å². The van der Waals surface area contributed by atoms with Gasteiger partial charge in [0.25, 0.3) is 0 Å². The summed E-state index contributed by atoms with van der Waals surface area (Å²) in [5, 5.41) is 23.9. The molecule has 1 amide bonds. The second-order valence-electron chi connectivity index (χ2n) is 19.1. The van der Waals surface area contributed by atoms with Crippen LogP contribution in [-0.2, 0) is 14.3 Å². The van der Waals surface area contributed by atoms with Gasteiger partial charge < -0.3 is 20.3 Å². The lowest BCUT2D eigenvalue weighted by molar-refractivity contribution is -0.151. The average Bonchev–Trinajstić information content (AvgIpc) is 3.33. The van der Waals surface area contributed by atoms with Crippen molar-refractivity contribution in [3.05, 3.63) is 97.2 Å². The second-order valence-corrected chi connectivity index (χ2v) is 19.1. The van der Waals surface area contributed by atoms with Crippen LogP contribution < -0.4 is 5.32 Å². The molecule has 0 radical (unpaired) electrons. The van der Waals surface area contributed by atoms with E-state index in [0.29, 0.717) is 19.3 Å². The van der Waals surface area contributed by atoms with E-state index in [4.69, 9.17) is 4.74 Å². The van der Waals surface area contributed by atoms with Crippen LogP contribution in [0.2, 0.25) is 0 Å². The number of carbonyl (C=O) groups is 2. The molecule has 390 valence electrons. The molecule has 0 rings (SSSR count). The van der Waals surface area contributed by atoms with Gasteiger partial charge in [0.15, 0.2) is 0 Å². The Kier molecular flexibility index (Phi) is 52.1. The number of unbranched alkanes of at least 4 members (excludes halogenated alkanes) is 26. The number of nitrogens with one attached hydrogen (secondary N) is 1. The number of amides is 1. The maximum atomic E-state index is 13.3. The van der Waals surface area contributed by atoms with Crippen molar-refractivity contribution in [2.75, 3.05) is 6.61 Å². The number of aliphatic hydroxyl groups excluding tert-OH is 2. The van der Waals surface area contributed by atoms with Gasteiger partial charge in [-0.05, 0) is 83.5 Å². The molecule has 0 saturated carbocycles. The number of hydrogen-bond acceptors (Lipinski definition) is 5. The molecule has 68 heavy (non-hydrogen) atoms. The predicted octanol–water partition coefficient (Wildman–Crippen LogP) is 17.7. The highest BCUT2D eigenvalue weighted by Gasteiger charge is 2.24. The Labute approximate surface area is 420 Å². The SMILES string of the molecule is CC/C=C/C=C/C=C\C=C/C=C/CCCCCC(=O)OC(CCCCCC/C=C\C/C=C\C/C=C\CCCCC)CC(=O)NC(CO)C(O)CCCCCCCCCCCCCCCCCCC. The van der Waals surface area contributed by atoms with Gasteiger partial charge in [0.05, 0.1) is 25.2 Å². The molecule has 0 aliphatic rings. The average molecular weight is 947 g/mol. The van der Waals surface area contributed by atoms with Crippen molar-refractivity contribution in [3.8, 4) is 0 Å². The van der Waals surface area contributed by atoms with E-state index in [-0.39, 0.29) is 24.9 Å². The Morgan fingerprint density at radius 3 is 1.37 bits per heavy atom. The molecule has 3 N–H and O–H groups in total. The largest absolute Gasteiger partial charge is 0.462 e. The summed E-state index contributed by atoms with van der Waals surface area (Å²) in [5.74, 6) is -0.547. The zero-order valence-corrected chi connectivity index (χ0v) is 44.5. The van der Waals surface area contributed by atoms with Crippen LogP contribution in [0, 0.1) is 0 Å². The summed E-state index contributed by atoms with van der Waals surface area (Å²) >= 11 is 0. The lowest BCUT2D eigenvalue weighted by Gasteiger charge is -2.24. The predicted molar refractivity (Wildman–Crippen MR) is 296 cm³/mol. The molecule has 0 aromatic rings. The van der Waals surface area contributed by atoms with Gasteiger partial charge in [-0.2, -0.15) is 0 Å². The Morgan fingerprint density at radius 2 is 0.853 bits per heavy atom. The molecule has 6 heteroatoms. The fourth-order valence-corrected chi connectivity index (χ4v) is 8.22. The molecule has 0 aliphatic heterocycles. The number of hydrogen-bond donors (Lipinski definition) is 3. The van der Waals surface area contributed by atoms with E-state index in [0.717, 1.165) is 96.3 Å². The third kappa shape index (κ3) is 49.2. The van der Waals surface area contributed by atoms with E-state index in [2.05, 4.69) is 80.8 Å². The zero-order valence-electron chi connectivity index (χ0n) is 44.5. The van der Waals surface area contributed by atoms with E-state index >= 15 is 0 Å². The quantitative estimate of drug-likeness (QED) is 0.0244. The van der Waals surface area contributed by atoms with Gasteiger partial charge in [-0.3, -0.25) is 9.59 Å². The molecule has 3 atom stereocenters. The lowest BCUT2D eigenvalue weighted by Crippen LogP contribution is -2.46. The topological polar surface area (TPSA) is 95.9 Å². The summed E-state index contributed by atoms with van der Waals surface area (Å²) in [6, 6.07) is -0.725. The van der Waals surface area contributed by atoms with Crippen LogP contribution in [0.5, 0.6) is 0 Å². The number of allylic oxidation sites excluding steroid dienone is 16. The molecule has 0 heterocycles. The van der Waals surface area contributed by atoms with Crippen LogP contribution in [0.15, 0.2) is 97.2 Å². The van der Waals surface area contributed by atoms with Crippen LogP contribution in [0.4, 0.5) is 0 Å². The molecule has 6 nitrogen and oxygen atoms in total. The number of esters is 1. The fourth-order valence-electron chi connectivity index (χ4n) is 8.22. The van der Waals surface area contributed by atoms with Gasteiger partial charge in [0, 0.05) is 6.42 Å². The second kappa shape index (κ2) is 54.7. The van der Waals surface area contributed by atoms with Crippen LogP contribution in [-0.4, -0.2) is 46.9 Å². The summed E-state index contributed by atoms with van der Waals surface area (Å²) in [5.41, 5.74) is 0. The maximum absolute atomic E-state index is 13.3. The summed E-state index contributed by atoms with van der Waals surface area (Å²) in [4.78, 5) is 26.3. The first-order valence-corrected chi connectivity index (χ1v) is 28.5. The van der Waals surface area contributed by atoms with Crippen LogP contribution in [0.1, 0.15) is 258 Å². The van der Waals surface area contributed by atoms with Crippen molar-refractivity contribution in [1.82, 2.24) is 5.32 Å². The van der Waals surface area contributed by atoms with Gasteiger partial charge in [-0.15, -0.1) is 0 Å². The van der Waals surface area contributed by atoms with Gasteiger partial charge in [0.2, 0.25) is 5.91 Å². The van der Waals surface area contributed by atoms with Crippen LogP contribution in [0.25, 0.3) is 0 Å². The number of ether oxygens (including phenoxy) is 1. The van der Waals surface area contributed by atoms with Crippen molar-refractivity contribution in [3.63, 3.8) is 0 Å². The number of aliphatic hydroxyl groups is 2. The maximum Gasteiger partial charge on any atom is 0.306 e. The first-order chi connectivity index (χ1) is 33.5. The minimum absolute atomic E-state index is 0.0404. The van der Waals surface area contributed by atoms with E-state index in [1.165, 1.54) is 116 Å². The molecule has 0 aliphatic carbocycles. The van der Waals surface area contributed by atoms with E-state index in [1.54, 1.807) is 0 Å². The molecule has 0 bridgehead atoms. The lowest BCUT2D eigenvalue weighted by atomic mass is 10.0. The van der Waals surface area contributed by atoms with E-state index < -0.39 is 18.2 Å². The minimum Gasteiger partial charge on any atom is -0.462 e. The van der Waals surface area contributed by atoms with Gasteiger partial charge in [-0.1, -0.05) is 259 Å². The standard InChI is InChI=1S/C62H107NO5/c1-4-7-10-13-16-19-22-25-28-30-33-35-38-41-44-47-50-53-58(68-62(67)55-52-49-46-43-40-37-32-27-24-21-18-15-12-9-6-3)56-61(66)63-59(57-64)60(65)54-51-48-45-42-39-36-34-31-29-26-23-20-17-14-11-8-5-2/h9,12,15-16,18-19,21,24-25,27-28,32-33,35,37,40,58-60,64-65H,4-8,10-11,13-14,17,20,22-23,26,29-31,34,36,38-39,41-57H2,1-3H3,(H,63,66)/b12-9+,18-15+,19-16-,24-21-,28-25-,32-27-,35-33-,40-37+. The fraction of sp³-hybridized carbons (Fsp3) is 0.710. The summed E-state index contributed by atoms with van der Waals surface area (Å²) in [7, 11) is 0. The highest BCUT2D eigenvalue weighted by Crippen LogP contribution is 2.18. The zero-order chi connectivity index (χ0) is 49.5. The van der Waals surface area contributed by atoms with Crippen molar-refractivity contribution in [2.24, 2.45) is 0 Å². The molecule has 0 fully saturated rings. The normalized spacial score (nSPS) is 13.9. The Hall–Kier alpha value is -3.22. The van der Waals surface area contributed by atoms with Gasteiger partial charge in [0.1, 0.15) is 6.10 Å². The smallest absolute Gasteiger partial charge is 0.306 e. The number of carbonyl (C=O) groups excluding carboxylic acids is 2. The van der Waals surface area contributed by atoms with Crippen molar-refractivity contribution >= 4 is 11.9 Å². The van der Waals surface area contributed by atoms with E-state index in [9.17, 15) is 19.8 Å². The summed E-state index contributed by atoms with van der Waals surface area (Å²) < 4.78 is 5.93. The van der Waals surface area contributed by atoms with E-state index in [1.807, 2.05) is 42.5 Å². The van der Waals surface area contributed by atoms with Crippen molar-refractivity contribution < 1.29 is 24.5 Å². The summed E-state index contributed by atoms with van der Waals surface area (Å²) in [6.07, 6.45) is 73.2. The van der Waals surface area contributed by atoms with Crippen molar-refractivity contribution in [2.45, 2.75) is 277 Å². The molecule has 0 aromatic heterocycles. The minimum atomic E-state index is -0.809. The molecule has 3 unspecified atom stereocenters. The highest BCUT2D eigenvalue weighted by atomic mass is 16.5. The molecule has 0 aromatic carbocycles. The Bertz CT molecular complexity index is 1340.